The molecule has 1 saturated carbocycles. The van der Waals surface area contributed by atoms with Gasteiger partial charge in [0.2, 0.25) is 5.82 Å². The minimum atomic E-state index is -0.789. The van der Waals surface area contributed by atoms with Crippen molar-refractivity contribution in [2.24, 2.45) is 0 Å². The molecule has 1 aliphatic carbocycles. The van der Waals surface area contributed by atoms with Gasteiger partial charge in [0.1, 0.15) is 11.3 Å². The van der Waals surface area contributed by atoms with Crippen molar-refractivity contribution in [3.05, 3.63) is 33.6 Å². The first-order valence-corrected chi connectivity index (χ1v) is 9.86. The predicted molar refractivity (Wildman–Crippen MR) is 104 cm³/mol. The summed E-state index contributed by atoms with van der Waals surface area (Å²) in [7, 11) is 0. The van der Waals surface area contributed by atoms with Crippen LogP contribution in [0.2, 0.25) is 0 Å². The quantitative estimate of drug-likeness (QED) is 0.586. The minimum Gasteiger partial charge on any atom is -0.444 e. The molecule has 0 aromatic heterocycles. The van der Waals surface area contributed by atoms with Crippen molar-refractivity contribution in [1.82, 2.24) is 4.90 Å². The molecule has 28 heavy (non-hydrogen) atoms. The predicted octanol–water partition coefficient (Wildman–Crippen LogP) is 4.81. The van der Waals surface area contributed by atoms with Crippen LogP contribution < -0.4 is 5.32 Å². The third-order valence-corrected chi connectivity index (χ3v) is 5.35. The summed E-state index contributed by atoms with van der Waals surface area (Å²) >= 11 is 0. The van der Waals surface area contributed by atoms with Crippen molar-refractivity contribution in [2.45, 2.75) is 70.4 Å². The lowest BCUT2D eigenvalue weighted by molar-refractivity contribution is -0.386. The van der Waals surface area contributed by atoms with Crippen molar-refractivity contribution in [3.63, 3.8) is 0 Å². The van der Waals surface area contributed by atoms with Crippen LogP contribution in [0.3, 0.4) is 0 Å². The number of nitrogens with zero attached hydrogens (tertiary/aromatic N) is 2. The Kier molecular flexibility index (Phi) is 5.76. The topological polar surface area (TPSA) is 84.7 Å². The van der Waals surface area contributed by atoms with Crippen molar-refractivity contribution >= 4 is 17.5 Å². The molecule has 1 N–H and O–H groups in total. The van der Waals surface area contributed by atoms with Gasteiger partial charge in [-0.2, -0.15) is 4.39 Å². The summed E-state index contributed by atoms with van der Waals surface area (Å²) < 4.78 is 19.8. The summed E-state index contributed by atoms with van der Waals surface area (Å²) in [5, 5.41) is 14.5. The molecular weight excluding hydrogens is 365 g/mol. The van der Waals surface area contributed by atoms with Gasteiger partial charge in [0, 0.05) is 19.1 Å². The van der Waals surface area contributed by atoms with Gasteiger partial charge in [-0.3, -0.25) is 10.1 Å². The molecule has 1 aliphatic heterocycles. The van der Waals surface area contributed by atoms with Gasteiger partial charge in [0.25, 0.3) is 0 Å². The van der Waals surface area contributed by atoms with Gasteiger partial charge in [0.15, 0.2) is 0 Å². The molecule has 1 aromatic carbocycles. The highest BCUT2D eigenvalue weighted by atomic mass is 19.1. The van der Waals surface area contributed by atoms with Crippen LogP contribution in [0.4, 0.5) is 20.6 Å². The SMILES string of the molecule is CC(C)(C)OC(=O)N1CCC(Nc2cc(C3CCC3)cc(F)c2[N+](=O)[O-])CC1. The zero-order valence-corrected chi connectivity index (χ0v) is 16.7. The average Bonchev–Trinajstić information content (AvgIpc) is 2.51. The van der Waals surface area contributed by atoms with E-state index in [0.29, 0.717) is 25.9 Å². The van der Waals surface area contributed by atoms with E-state index in [4.69, 9.17) is 4.74 Å². The highest BCUT2D eigenvalue weighted by molar-refractivity contribution is 5.68. The first-order valence-electron chi connectivity index (χ1n) is 9.86. The van der Waals surface area contributed by atoms with Crippen LogP contribution in [-0.2, 0) is 4.74 Å². The van der Waals surface area contributed by atoms with Gasteiger partial charge in [-0.05, 0) is 70.1 Å². The van der Waals surface area contributed by atoms with E-state index in [1.54, 1.807) is 11.0 Å². The molecule has 0 radical (unpaired) electrons. The highest BCUT2D eigenvalue weighted by Crippen LogP contribution is 2.40. The number of ether oxygens (including phenoxy) is 1. The minimum absolute atomic E-state index is 0.0616. The van der Waals surface area contributed by atoms with Crippen LogP contribution in [0.1, 0.15) is 64.4 Å². The molecule has 3 rings (SSSR count). The third kappa shape index (κ3) is 4.72. The number of nitrogens with one attached hydrogen (secondary N) is 1. The first-order chi connectivity index (χ1) is 13.1. The van der Waals surface area contributed by atoms with E-state index in [2.05, 4.69) is 5.32 Å². The van der Waals surface area contributed by atoms with Gasteiger partial charge in [-0.15, -0.1) is 0 Å². The molecule has 1 aromatic rings. The summed E-state index contributed by atoms with van der Waals surface area (Å²) in [6.07, 6.45) is 3.97. The zero-order chi connectivity index (χ0) is 20.5. The number of hydrogen-bond donors (Lipinski definition) is 1. The second kappa shape index (κ2) is 7.93. The fourth-order valence-electron chi connectivity index (χ4n) is 3.65. The summed E-state index contributed by atoms with van der Waals surface area (Å²) in [5.41, 5.74) is 0.00929. The molecular formula is C20H28FN3O4. The van der Waals surface area contributed by atoms with E-state index >= 15 is 0 Å². The normalized spacial score (nSPS) is 18.5. The number of piperidine rings is 1. The van der Waals surface area contributed by atoms with Crippen LogP contribution in [0.25, 0.3) is 0 Å². The van der Waals surface area contributed by atoms with Gasteiger partial charge >= 0.3 is 11.8 Å². The fraction of sp³-hybridized carbons (Fsp3) is 0.650. The number of amides is 1. The van der Waals surface area contributed by atoms with Crippen molar-refractivity contribution in [2.75, 3.05) is 18.4 Å². The molecule has 8 heteroatoms. The molecule has 1 saturated heterocycles. The fourth-order valence-corrected chi connectivity index (χ4v) is 3.65. The Morgan fingerprint density at radius 2 is 1.89 bits per heavy atom. The standard InChI is InChI=1S/C20H28FN3O4/c1-20(2,3)28-19(25)23-9-7-15(8-10-23)22-17-12-14(13-5-4-6-13)11-16(21)18(17)24(26)27/h11-13,15,22H,4-10H2,1-3H3. The number of nitro benzene ring substituents is 1. The van der Waals surface area contributed by atoms with Crippen LogP contribution in [0, 0.1) is 15.9 Å². The van der Waals surface area contributed by atoms with E-state index in [1.165, 1.54) is 6.07 Å². The number of hydrogen-bond acceptors (Lipinski definition) is 5. The molecule has 2 fully saturated rings. The molecule has 0 bridgehead atoms. The number of benzene rings is 1. The number of rotatable bonds is 4. The second-order valence-corrected chi connectivity index (χ2v) is 8.67. The molecule has 1 heterocycles. The van der Waals surface area contributed by atoms with E-state index in [1.807, 2.05) is 20.8 Å². The number of carbonyl (C=O) groups excluding carboxylic acids is 1. The lowest BCUT2D eigenvalue weighted by Crippen LogP contribution is -2.44. The third-order valence-electron chi connectivity index (χ3n) is 5.35. The lowest BCUT2D eigenvalue weighted by atomic mass is 9.80. The van der Waals surface area contributed by atoms with Gasteiger partial charge in [-0.25, -0.2) is 4.79 Å². The summed E-state index contributed by atoms with van der Waals surface area (Å²) in [6, 6.07) is 2.97. The maximum absolute atomic E-state index is 14.4. The number of halogens is 1. The van der Waals surface area contributed by atoms with E-state index in [-0.39, 0.29) is 23.7 Å². The number of carbonyl (C=O) groups is 1. The lowest BCUT2D eigenvalue weighted by Gasteiger charge is -2.34. The monoisotopic (exact) mass is 393 g/mol. The molecule has 1 amide bonds. The van der Waals surface area contributed by atoms with E-state index in [0.717, 1.165) is 24.8 Å². The number of nitro groups is 1. The Morgan fingerprint density at radius 3 is 2.39 bits per heavy atom. The molecule has 0 unspecified atom stereocenters. The summed E-state index contributed by atoms with van der Waals surface area (Å²) in [6.45, 7) is 6.45. The first kappa shape index (κ1) is 20.4. The van der Waals surface area contributed by atoms with Crippen LogP contribution in [-0.4, -0.2) is 40.6 Å². The van der Waals surface area contributed by atoms with Gasteiger partial charge in [-0.1, -0.05) is 6.42 Å². The molecule has 2 aliphatic rings. The largest absolute Gasteiger partial charge is 0.444 e. The van der Waals surface area contributed by atoms with E-state index < -0.39 is 22.0 Å². The Balaban J connectivity index is 1.68. The maximum Gasteiger partial charge on any atom is 0.410 e. The Bertz CT molecular complexity index is 751. The Labute approximate surface area is 164 Å². The summed E-state index contributed by atoms with van der Waals surface area (Å²) in [5.74, 6) is -0.507. The Morgan fingerprint density at radius 1 is 1.25 bits per heavy atom. The van der Waals surface area contributed by atoms with Crippen LogP contribution in [0.15, 0.2) is 12.1 Å². The van der Waals surface area contributed by atoms with Crippen molar-refractivity contribution in [1.29, 1.82) is 0 Å². The Hall–Kier alpha value is -2.38. The molecule has 0 atom stereocenters. The van der Waals surface area contributed by atoms with Crippen LogP contribution in [0.5, 0.6) is 0 Å². The van der Waals surface area contributed by atoms with Crippen molar-refractivity contribution in [3.8, 4) is 0 Å². The van der Waals surface area contributed by atoms with E-state index in [9.17, 15) is 19.3 Å². The summed E-state index contributed by atoms with van der Waals surface area (Å²) in [4.78, 5) is 24.5. The van der Waals surface area contributed by atoms with Gasteiger partial charge < -0.3 is 15.0 Å². The van der Waals surface area contributed by atoms with Crippen LogP contribution >= 0.6 is 0 Å². The van der Waals surface area contributed by atoms with Gasteiger partial charge in [0.05, 0.1) is 4.92 Å². The molecule has 154 valence electrons. The van der Waals surface area contributed by atoms with Crippen molar-refractivity contribution < 1.29 is 18.8 Å². The molecule has 0 spiro atoms. The average molecular weight is 393 g/mol. The number of likely N-dealkylation sites (tertiary alicyclic amines) is 1. The maximum atomic E-state index is 14.4. The smallest absolute Gasteiger partial charge is 0.410 e. The highest BCUT2D eigenvalue weighted by Gasteiger charge is 2.30. The number of anilines is 1. The molecule has 7 nitrogen and oxygen atoms in total. The second-order valence-electron chi connectivity index (χ2n) is 8.67. The zero-order valence-electron chi connectivity index (χ0n) is 16.7.